The highest BCUT2D eigenvalue weighted by Crippen LogP contribution is 2.70. The van der Waals surface area contributed by atoms with E-state index in [1.165, 1.54) is 56.9 Å². The topological polar surface area (TPSA) is 0 Å². The van der Waals surface area contributed by atoms with Gasteiger partial charge < -0.3 is 0 Å². The zero-order chi connectivity index (χ0) is 19.6. The van der Waals surface area contributed by atoms with Crippen LogP contribution in [-0.2, 0) is 0 Å². The van der Waals surface area contributed by atoms with E-state index in [0.717, 1.165) is 35.5 Å². The molecule has 4 aliphatic rings. The van der Waals surface area contributed by atoms with E-state index in [1.807, 2.05) is 0 Å². The molecule has 0 bridgehead atoms. The van der Waals surface area contributed by atoms with Crippen LogP contribution in [0.2, 0.25) is 0 Å². The molecule has 8 atom stereocenters. The van der Waals surface area contributed by atoms with E-state index in [1.54, 1.807) is 6.42 Å². The fourth-order valence-electron chi connectivity index (χ4n) is 9.74. The molecule has 0 aromatic carbocycles. The molecule has 0 spiro atoms. The fraction of sp³-hybridized carbons (Fsp3) is 0.926. The van der Waals surface area contributed by atoms with Crippen molar-refractivity contribution in [3.05, 3.63) is 11.6 Å². The molecule has 4 aliphatic carbocycles. The molecule has 0 aromatic heterocycles. The largest absolute Gasteiger partial charge is 0.0827 e. The zero-order valence-corrected chi connectivity index (χ0v) is 19.4. The van der Waals surface area contributed by atoms with Crippen molar-refractivity contribution in [1.82, 2.24) is 0 Å². The minimum absolute atomic E-state index is 0.578. The summed E-state index contributed by atoms with van der Waals surface area (Å²) in [5.41, 5.74) is 3.34. The Morgan fingerprint density at radius 2 is 1.52 bits per heavy atom. The van der Waals surface area contributed by atoms with Crippen molar-refractivity contribution in [2.45, 2.75) is 106 Å². The summed E-state index contributed by atoms with van der Waals surface area (Å²) in [5.74, 6) is 5.73. The van der Waals surface area contributed by atoms with Gasteiger partial charge in [0.15, 0.2) is 0 Å². The van der Waals surface area contributed by atoms with E-state index in [-0.39, 0.29) is 0 Å². The van der Waals surface area contributed by atoms with Crippen molar-refractivity contribution < 1.29 is 0 Å². The molecule has 1 unspecified atom stereocenters. The van der Waals surface area contributed by atoms with Crippen molar-refractivity contribution in [1.29, 1.82) is 0 Å². The van der Waals surface area contributed by atoms with Crippen molar-refractivity contribution in [3.8, 4) is 0 Å². The van der Waals surface area contributed by atoms with Crippen LogP contribution in [0.15, 0.2) is 11.6 Å². The van der Waals surface area contributed by atoms with Gasteiger partial charge in [-0.05, 0) is 117 Å². The molecule has 0 radical (unpaired) electrons. The average Bonchev–Trinajstić information content (AvgIpc) is 2.90. The summed E-state index contributed by atoms with van der Waals surface area (Å²) >= 11 is 0. The third kappa shape index (κ3) is 2.98. The van der Waals surface area contributed by atoms with Gasteiger partial charge in [-0.1, -0.05) is 52.7 Å². The molecule has 0 saturated heterocycles. The maximum Gasteiger partial charge on any atom is -0.0226 e. The first-order valence-electron chi connectivity index (χ1n) is 12.2. The summed E-state index contributed by atoms with van der Waals surface area (Å²) in [6.07, 6.45) is 16.1. The van der Waals surface area contributed by atoms with Crippen LogP contribution in [0, 0.1) is 51.8 Å². The minimum Gasteiger partial charge on any atom is -0.0827 e. The Labute approximate surface area is 170 Å². The van der Waals surface area contributed by atoms with Crippen LogP contribution >= 0.6 is 0 Å². The van der Waals surface area contributed by atoms with Gasteiger partial charge in [0.1, 0.15) is 0 Å². The molecule has 4 saturated carbocycles. The molecule has 0 N–H and O–H groups in total. The lowest BCUT2D eigenvalue weighted by Crippen LogP contribution is -2.56. The Bertz CT molecular complexity index is 593. The average molecular weight is 371 g/mol. The molecule has 4 rings (SSSR count). The second kappa shape index (κ2) is 6.63. The van der Waals surface area contributed by atoms with Crippen molar-refractivity contribution >= 4 is 0 Å². The van der Waals surface area contributed by atoms with Crippen LogP contribution in [0.1, 0.15) is 106 Å². The summed E-state index contributed by atoms with van der Waals surface area (Å²) < 4.78 is 0. The summed E-state index contributed by atoms with van der Waals surface area (Å²) in [4.78, 5) is 0. The van der Waals surface area contributed by atoms with Crippen LogP contribution < -0.4 is 0 Å². The highest BCUT2D eigenvalue weighted by Gasteiger charge is 2.61. The first-order chi connectivity index (χ1) is 12.6. The second-order valence-electron chi connectivity index (χ2n) is 12.7. The van der Waals surface area contributed by atoms with Gasteiger partial charge in [0, 0.05) is 0 Å². The van der Waals surface area contributed by atoms with E-state index in [0.29, 0.717) is 16.2 Å². The van der Waals surface area contributed by atoms with E-state index >= 15 is 0 Å². The SMILES string of the molecule is CC(C)=C[C@@H](C)[C@H]1CC[C@H]2[C@@H]3CCC4C(C)(C)CCC[C@]4(C)[C@H]3CC[C@]12C. The molecule has 0 heteroatoms. The lowest BCUT2D eigenvalue weighted by atomic mass is 9.41. The fourth-order valence-corrected chi connectivity index (χ4v) is 9.74. The Hall–Kier alpha value is -0.260. The third-order valence-corrected chi connectivity index (χ3v) is 10.7. The number of allylic oxidation sites excluding steroid dienone is 2. The van der Waals surface area contributed by atoms with Gasteiger partial charge in [-0.3, -0.25) is 0 Å². The first kappa shape index (κ1) is 20.0. The smallest absolute Gasteiger partial charge is 0.0226 e. The van der Waals surface area contributed by atoms with E-state index in [2.05, 4.69) is 54.5 Å². The minimum atomic E-state index is 0.578. The van der Waals surface area contributed by atoms with Gasteiger partial charge >= 0.3 is 0 Å². The molecule has 27 heavy (non-hydrogen) atoms. The summed E-state index contributed by atoms with van der Waals surface area (Å²) in [7, 11) is 0. The van der Waals surface area contributed by atoms with Crippen LogP contribution in [0.3, 0.4) is 0 Å². The van der Waals surface area contributed by atoms with Gasteiger partial charge in [-0.25, -0.2) is 0 Å². The molecule has 154 valence electrons. The van der Waals surface area contributed by atoms with Crippen LogP contribution in [0.25, 0.3) is 0 Å². The Morgan fingerprint density at radius 3 is 2.22 bits per heavy atom. The Kier molecular flexibility index (Phi) is 4.92. The number of hydrogen-bond acceptors (Lipinski definition) is 0. The monoisotopic (exact) mass is 370 g/mol. The first-order valence-corrected chi connectivity index (χ1v) is 12.2. The Balaban J connectivity index is 1.60. The zero-order valence-electron chi connectivity index (χ0n) is 19.4. The highest BCUT2D eigenvalue weighted by atomic mass is 14.7. The van der Waals surface area contributed by atoms with Crippen molar-refractivity contribution in [2.75, 3.05) is 0 Å². The van der Waals surface area contributed by atoms with Crippen molar-refractivity contribution in [2.24, 2.45) is 51.8 Å². The Morgan fingerprint density at radius 1 is 0.815 bits per heavy atom. The van der Waals surface area contributed by atoms with E-state index < -0.39 is 0 Å². The van der Waals surface area contributed by atoms with Crippen LogP contribution in [0.4, 0.5) is 0 Å². The van der Waals surface area contributed by atoms with Gasteiger partial charge in [0.05, 0.1) is 0 Å². The molecule has 0 aliphatic heterocycles. The molecular weight excluding hydrogens is 324 g/mol. The molecular formula is C27H46. The highest BCUT2D eigenvalue weighted by molar-refractivity contribution is 5.12. The van der Waals surface area contributed by atoms with Crippen LogP contribution in [0.5, 0.6) is 0 Å². The molecule has 0 amide bonds. The lowest BCUT2D eigenvalue weighted by Gasteiger charge is -2.64. The standard InChI is InChI=1S/C27H46/c1-18(2)17-19(3)21-10-11-22-20-9-12-24-25(4,5)14-8-15-27(24,7)23(20)13-16-26(21,22)6/h17,19-24H,8-16H2,1-7H3/t19-,20+,21-,22+,23+,24?,26-,27-/m1/s1. The summed E-state index contributed by atoms with van der Waals surface area (Å²) in [5, 5.41) is 0. The normalized spacial score (nSPS) is 49.5. The van der Waals surface area contributed by atoms with Crippen LogP contribution in [-0.4, -0.2) is 0 Å². The van der Waals surface area contributed by atoms with E-state index in [4.69, 9.17) is 0 Å². The number of fused-ring (bicyclic) bond motifs is 5. The second-order valence-corrected chi connectivity index (χ2v) is 12.7. The third-order valence-electron chi connectivity index (χ3n) is 10.7. The maximum atomic E-state index is 2.73. The predicted octanol–water partition coefficient (Wildman–Crippen LogP) is 8.27. The molecule has 0 aromatic rings. The summed E-state index contributed by atoms with van der Waals surface area (Å²) in [6.45, 7) is 17.7. The van der Waals surface area contributed by atoms with Gasteiger partial charge in [0.25, 0.3) is 0 Å². The van der Waals surface area contributed by atoms with Gasteiger partial charge in [-0.15, -0.1) is 0 Å². The number of rotatable bonds is 2. The quantitative estimate of drug-likeness (QED) is 0.429. The molecule has 0 heterocycles. The van der Waals surface area contributed by atoms with E-state index in [9.17, 15) is 0 Å². The van der Waals surface area contributed by atoms with Crippen molar-refractivity contribution in [3.63, 3.8) is 0 Å². The van der Waals surface area contributed by atoms with Gasteiger partial charge in [-0.2, -0.15) is 0 Å². The molecule has 0 nitrogen and oxygen atoms in total. The summed E-state index contributed by atoms with van der Waals surface area (Å²) in [6, 6.07) is 0. The number of hydrogen-bond donors (Lipinski definition) is 0. The van der Waals surface area contributed by atoms with Gasteiger partial charge in [0.2, 0.25) is 0 Å². The lowest BCUT2D eigenvalue weighted by molar-refractivity contribution is -0.146. The maximum absolute atomic E-state index is 2.73. The predicted molar refractivity (Wildman–Crippen MR) is 118 cm³/mol. The molecule has 4 fully saturated rings.